The van der Waals surface area contributed by atoms with Crippen LogP contribution in [-0.4, -0.2) is 32.7 Å². The number of halogens is 3. The van der Waals surface area contributed by atoms with Crippen LogP contribution in [0.25, 0.3) is 11.3 Å². The number of aryl methyl sites for hydroxylation is 1. The minimum Gasteiger partial charge on any atom is -0.394 e. The van der Waals surface area contributed by atoms with Crippen molar-refractivity contribution in [3.63, 3.8) is 0 Å². The number of aromatic nitrogens is 3. The Kier molecular flexibility index (Phi) is 5.97. The molecule has 3 aromatic rings. The SMILES string of the molecule is Cc1ccc(Nc2cc(-c3cccnc3)nc(N[C@@H](C)CO)n2)cc1C(F)(F)F. The van der Waals surface area contributed by atoms with E-state index in [1.165, 1.54) is 13.0 Å². The molecule has 0 saturated carbocycles. The van der Waals surface area contributed by atoms with Gasteiger partial charge in [0.05, 0.1) is 17.9 Å². The highest BCUT2D eigenvalue weighted by Gasteiger charge is 2.32. The van der Waals surface area contributed by atoms with E-state index >= 15 is 0 Å². The number of hydrogen-bond donors (Lipinski definition) is 3. The van der Waals surface area contributed by atoms with Gasteiger partial charge < -0.3 is 15.7 Å². The standard InChI is InChI=1S/C20H20F3N5O/c1-12-5-6-15(8-16(12)20(21,22)23)26-18-9-17(14-4-3-7-24-10-14)27-19(28-18)25-13(2)11-29/h3-10,13,29H,11H2,1-2H3,(H2,25,26,27,28)/t13-/m0/s1. The fourth-order valence-electron chi connectivity index (χ4n) is 2.66. The summed E-state index contributed by atoms with van der Waals surface area (Å²) < 4.78 is 39.6. The summed E-state index contributed by atoms with van der Waals surface area (Å²) in [5, 5.41) is 15.1. The van der Waals surface area contributed by atoms with Crippen molar-refractivity contribution in [2.45, 2.75) is 26.1 Å². The summed E-state index contributed by atoms with van der Waals surface area (Å²) in [5.41, 5.74) is 0.932. The van der Waals surface area contributed by atoms with Crippen LogP contribution in [0.1, 0.15) is 18.1 Å². The zero-order valence-corrected chi connectivity index (χ0v) is 15.8. The number of aliphatic hydroxyl groups is 1. The maximum absolute atomic E-state index is 13.2. The second-order valence-corrected chi connectivity index (χ2v) is 6.58. The summed E-state index contributed by atoms with van der Waals surface area (Å²) in [5.74, 6) is 0.544. The van der Waals surface area contributed by atoms with Gasteiger partial charge in [0, 0.05) is 35.8 Å². The molecule has 0 unspecified atom stereocenters. The summed E-state index contributed by atoms with van der Waals surface area (Å²) >= 11 is 0. The molecule has 0 radical (unpaired) electrons. The lowest BCUT2D eigenvalue weighted by molar-refractivity contribution is -0.138. The number of hydrogen-bond acceptors (Lipinski definition) is 6. The Morgan fingerprint density at radius 3 is 2.59 bits per heavy atom. The summed E-state index contributed by atoms with van der Waals surface area (Å²) in [6.07, 6.45) is -1.20. The highest BCUT2D eigenvalue weighted by molar-refractivity contribution is 5.67. The third-order valence-corrected chi connectivity index (χ3v) is 4.15. The Labute approximate surface area is 165 Å². The van der Waals surface area contributed by atoms with Gasteiger partial charge in [0.15, 0.2) is 0 Å². The summed E-state index contributed by atoms with van der Waals surface area (Å²) in [4.78, 5) is 12.8. The van der Waals surface area contributed by atoms with Gasteiger partial charge in [-0.3, -0.25) is 4.98 Å². The van der Waals surface area contributed by atoms with E-state index in [2.05, 4.69) is 25.6 Å². The lowest BCUT2D eigenvalue weighted by atomic mass is 10.1. The molecule has 6 nitrogen and oxygen atoms in total. The topological polar surface area (TPSA) is 83.0 Å². The average molecular weight is 403 g/mol. The van der Waals surface area contributed by atoms with Crippen molar-refractivity contribution in [1.82, 2.24) is 15.0 Å². The largest absolute Gasteiger partial charge is 0.416 e. The third-order valence-electron chi connectivity index (χ3n) is 4.15. The van der Waals surface area contributed by atoms with Gasteiger partial charge in [-0.2, -0.15) is 18.2 Å². The van der Waals surface area contributed by atoms with E-state index in [9.17, 15) is 18.3 Å². The van der Waals surface area contributed by atoms with Crippen LogP contribution in [0.5, 0.6) is 0 Å². The van der Waals surface area contributed by atoms with Crippen LogP contribution >= 0.6 is 0 Å². The Morgan fingerprint density at radius 2 is 1.93 bits per heavy atom. The van der Waals surface area contributed by atoms with Gasteiger partial charge in [-0.25, -0.2) is 4.98 Å². The fourth-order valence-corrected chi connectivity index (χ4v) is 2.66. The number of rotatable bonds is 6. The lowest BCUT2D eigenvalue weighted by Gasteiger charge is -2.15. The fraction of sp³-hybridized carbons (Fsp3) is 0.250. The molecule has 152 valence electrons. The van der Waals surface area contributed by atoms with Gasteiger partial charge in [0.25, 0.3) is 0 Å². The third kappa shape index (κ3) is 5.20. The van der Waals surface area contributed by atoms with Gasteiger partial charge >= 0.3 is 6.18 Å². The first-order valence-corrected chi connectivity index (χ1v) is 8.88. The first-order chi connectivity index (χ1) is 13.8. The van der Waals surface area contributed by atoms with Crippen molar-refractivity contribution in [2.75, 3.05) is 17.2 Å². The second-order valence-electron chi connectivity index (χ2n) is 6.58. The number of pyridine rings is 1. The molecule has 0 saturated heterocycles. The second kappa shape index (κ2) is 8.44. The molecule has 3 rings (SSSR count). The van der Waals surface area contributed by atoms with Crippen molar-refractivity contribution in [2.24, 2.45) is 0 Å². The van der Waals surface area contributed by atoms with Gasteiger partial charge in [-0.15, -0.1) is 0 Å². The summed E-state index contributed by atoms with van der Waals surface area (Å²) in [7, 11) is 0. The Bertz CT molecular complexity index is 980. The van der Waals surface area contributed by atoms with E-state index in [-0.39, 0.29) is 29.8 Å². The predicted molar refractivity (Wildman–Crippen MR) is 105 cm³/mol. The minimum atomic E-state index is -4.45. The van der Waals surface area contributed by atoms with Gasteiger partial charge in [-0.1, -0.05) is 6.07 Å². The number of anilines is 3. The van der Waals surface area contributed by atoms with E-state index in [1.54, 1.807) is 37.5 Å². The van der Waals surface area contributed by atoms with Crippen LogP contribution in [0, 0.1) is 6.92 Å². The average Bonchev–Trinajstić information content (AvgIpc) is 2.69. The highest BCUT2D eigenvalue weighted by atomic mass is 19.4. The number of nitrogens with one attached hydrogen (secondary N) is 2. The molecule has 1 atom stereocenters. The monoisotopic (exact) mass is 403 g/mol. The van der Waals surface area contributed by atoms with Crippen molar-refractivity contribution in [3.8, 4) is 11.3 Å². The number of alkyl halides is 3. The Balaban J connectivity index is 1.99. The Morgan fingerprint density at radius 1 is 1.14 bits per heavy atom. The van der Waals surface area contributed by atoms with Gasteiger partial charge in [0.2, 0.25) is 5.95 Å². The normalized spacial score (nSPS) is 12.5. The predicted octanol–water partition coefficient (Wildman–Crippen LogP) is 4.40. The maximum Gasteiger partial charge on any atom is 0.416 e. The molecule has 0 aliphatic heterocycles. The van der Waals surface area contributed by atoms with Crippen LogP contribution in [0.2, 0.25) is 0 Å². The molecule has 0 bridgehead atoms. The molecule has 9 heteroatoms. The smallest absolute Gasteiger partial charge is 0.394 e. The molecule has 0 aliphatic rings. The number of aliphatic hydroxyl groups excluding tert-OH is 1. The molecular weight excluding hydrogens is 383 g/mol. The molecule has 0 spiro atoms. The van der Waals surface area contributed by atoms with Crippen molar-refractivity contribution in [1.29, 1.82) is 0 Å². The molecular formula is C20H20F3N5O. The zero-order valence-electron chi connectivity index (χ0n) is 15.8. The van der Waals surface area contributed by atoms with E-state index in [0.717, 1.165) is 11.6 Å². The molecule has 1 aromatic carbocycles. The van der Waals surface area contributed by atoms with E-state index in [4.69, 9.17) is 0 Å². The quantitative estimate of drug-likeness (QED) is 0.566. The number of nitrogens with zero attached hydrogens (tertiary/aromatic N) is 3. The van der Waals surface area contributed by atoms with Crippen molar-refractivity contribution >= 4 is 17.5 Å². The van der Waals surface area contributed by atoms with E-state index in [0.29, 0.717) is 11.5 Å². The zero-order chi connectivity index (χ0) is 21.0. The minimum absolute atomic E-state index is 0.129. The molecule has 2 heterocycles. The summed E-state index contributed by atoms with van der Waals surface area (Å²) in [6.45, 7) is 3.04. The molecule has 29 heavy (non-hydrogen) atoms. The van der Waals surface area contributed by atoms with Crippen molar-refractivity contribution < 1.29 is 18.3 Å². The molecule has 3 N–H and O–H groups in total. The van der Waals surface area contributed by atoms with Crippen LogP contribution in [0.3, 0.4) is 0 Å². The highest BCUT2D eigenvalue weighted by Crippen LogP contribution is 2.34. The van der Waals surface area contributed by atoms with Crippen LogP contribution in [-0.2, 0) is 6.18 Å². The van der Waals surface area contributed by atoms with E-state index in [1.807, 2.05) is 6.07 Å². The van der Waals surface area contributed by atoms with Gasteiger partial charge in [-0.05, 0) is 43.7 Å². The van der Waals surface area contributed by atoms with E-state index < -0.39 is 11.7 Å². The van der Waals surface area contributed by atoms with Crippen LogP contribution in [0.15, 0.2) is 48.8 Å². The van der Waals surface area contributed by atoms with Crippen LogP contribution < -0.4 is 10.6 Å². The Hall–Kier alpha value is -3.20. The van der Waals surface area contributed by atoms with Gasteiger partial charge in [0.1, 0.15) is 5.82 Å². The molecule has 0 fully saturated rings. The molecule has 0 amide bonds. The summed E-state index contributed by atoms with van der Waals surface area (Å²) in [6, 6.07) is 8.89. The number of benzene rings is 1. The maximum atomic E-state index is 13.2. The lowest BCUT2D eigenvalue weighted by Crippen LogP contribution is -2.21. The van der Waals surface area contributed by atoms with Crippen LogP contribution in [0.4, 0.5) is 30.6 Å². The molecule has 0 aliphatic carbocycles. The first-order valence-electron chi connectivity index (χ1n) is 8.88. The first kappa shape index (κ1) is 20.5. The molecule has 2 aromatic heterocycles. The van der Waals surface area contributed by atoms with Crippen molar-refractivity contribution in [3.05, 3.63) is 59.9 Å².